The summed E-state index contributed by atoms with van der Waals surface area (Å²) in [6.45, 7) is 1.08. The third-order valence-corrected chi connectivity index (χ3v) is 5.83. The number of hydrogen-bond donors (Lipinski definition) is 0. The SMILES string of the molecule is Fc1[c-]c(-c2cc(-c3ccccc3)ccn2)c(F)c(F)c1F.[Ir+3].[c-]1cccc2c1C1[N-]C=CN1CC2. The Morgan fingerprint density at radius 2 is 1.72 bits per heavy atom. The van der Waals surface area contributed by atoms with Gasteiger partial charge in [0.15, 0.2) is 0 Å². The summed E-state index contributed by atoms with van der Waals surface area (Å²) < 4.78 is 53.4. The summed E-state index contributed by atoms with van der Waals surface area (Å²) in [5.74, 6) is -6.86. The molecule has 4 aromatic rings. The molecule has 0 fully saturated rings. The molecule has 1 unspecified atom stereocenters. The Kier molecular flexibility index (Phi) is 7.87. The van der Waals surface area contributed by atoms with Crippen molar-refractivity contribution < 1.29 is 37.7 Å². The number of nitrogens with zero attached hydrogens (tertiary/aromatic N) is 3. The van der Waals surface area contributed by atoms with Crippen LogP contribution in [0.25, 0.3) is 27.7 Å². The van der Waals surface area contributed by atoms with Crippen LogP contribution in [-0.2, 0) is 26.5 Å². The minimum atomic E-state index is -1.89. The zero-order valence-electron chi connectivity index (χ0n) is 18.7. The van der Waals surface area contributed by atoms with E-state index in [1.165, 1.54) is 23.4 Å². The molecular weight excluding hydrogens is 647 g/mol. The van der Waals surface area contributed by atoms with E-state index in [-0.39, 0.29) is 32.0 Å². The van der Waals surface area contributed by atoms with E-state index in [1.54, 1.807) is 6.07 Å². The van der Waals surface area contributed by atoms with E-state index < -0.39 is 28.8 Å². The van der Waals surface area contributed by atoms with Crippen LogP contribution in [0.4, 0.5) is 17.6 Å². The van der Waals surface area contributed by atoms with Gasteiger partial charge in [-0.25, -0.2) is 8.78 Å². The van der Waals surface area contributed by atoms with Crippen molar-refractivity contribution in [3.63, 3.8) is 0 Å². The van der Waals surface area contributed by atoms with Crippen LogP contribution >= 0.6 is 0 Å². The summed E-state index contributed by atoms with van der Waals surface area (Å²) in [7, 11) is 0. The second-order valence-corrected chi connectivity index (χ2v) is 7.97. The smallest absolute Gasteiger partial charge is 0.668 e. The zero-order chi connectivity index (χ0) is 24.4. The standard InChI is InChI=1S/C17H8F4N.C11H10N2.Ir/c18-13-9-12(15(19)17(21)16(13)20)14-8-11(6-7-22-14)10-4-2-1-3-5-10;1-2-4-10-9(3-1)5-7-13-8-6-12-11(10)13;/h1-8H;1-3,6,8,11H,5,7H2;/q-1;-2;+3. The topological polar surface area (TPSA) is 30.2 Å². The molecule has 182 valence electrons. The Hall–Kier alpha value is -3.48. The minimum absolute atomic E-state index is 0. The van der Waals surface area contributed by atoms with Gasteiger partial charge >= 0.3 is 20.1 Å². The largest absolute Gasteiger partial charge is 3.00 e. The van der Waals surface area contributed by atoms with E-state index in [1.807, 2.05) is 48.7 Å². The predicted molar refractivity (Wildman–Crippen MR) is 125 cm³/mol. The van der Waals surface area contributed by atoms with Gasteiger partial charge in [-0.05, 0) is 35.3 Å². The molecule has 0 bridgehead atoms. The molecule has 1 aromatic heterocycles. The molecule has 1 atom stereocenters. The quantitative estimate of drug-likeness (QED) is 0.100. The summed E-state index contributed by atoms with van der Waals surface area (Å²) in [4.78, 5) is 6.14. The van der Waals surface area contributed by atoms with E-state index in [9.17, 15) is 17.6 Å². The fraction of sp³-hybridized carbons (Fsp3) is 0.107. The van der Waals surface area contributed by atoms with Crippen LogP contribution in [0.2, 0.25) is 0 Å². The van der Waals surface area contributed by atoms with Crippen LogP contribution in [-0.4, -0.2) is 16.4 Å². The summed E-state index contributed by atoms with van der Waals surface area (Å²) in [5, 5.41) is 4.41. The van der Waals surface area contributed by atoms with Crippen LogP contribution < -0.4 is 0 Å². The Morgan fingerprint density at radius 3 is 2.53 bits per heavy atom. The molecular formula is C28H18F4IrN3. The van der Waals surface area contributed by atoms with Gasteiger partial charge in [-0.2, -0.15) is 41.6 Å². The molecule has 0 aliphatic carbocycles. The first-order valence-corrected chi connectivity index (χ1v) is 10.9. The summed E-state index contributed by atoms with van der Waals surface area (Å²) in [5.41, 5.74) is 3.58. The van der Waals surface area contributed by atoms with Crippen LogP contribution in [0.1, 0.15) is 17.3 Å². The van der Waals surface area contributed by atoms with Crippen molar-refractivity contribution in [2.75, 3.05) is 6.54 Å². The van der Waals surface area contributed by atoms with Crippen LogP contribution in [0.3, 0.4) is 0 Å². The molecule has 6 rings (SSSR count). The van der Waals surface area contributed by atoms with Crippen molar-refractivity contribution in [3.8, 4) is 22.4 Å². The Labute approximate surface area is 219 Å². The van der Waals surface area contributed by atoms with E-state index in [0.29, 0.717) is 5.56 Å². The predicted octanol–water partition coefficient (Wildman–Crippen LogP) is 6.97. The van der Waals surface area contributed by atoms with Gasteiger partial charge in [-0.15, -0.1) is 0 Å². The van der Waals surface area contributed by atoms with Gasteiger partial charge in [0.05, 0.1) is 11.6 Å². The van der Waals surface area contributed by atoms with Gasteiger partial charge in [0.2, 0.25) is 0 Å². The van der Waals surface area contributed by atoms with Crippen molar-refractivity contribution in [3.05, 3.63) is 131 Å². The number of fused-ring (bicyclic) bond motifs is 3. The molecule has 36 heavy (non-hydrogen) atoms. The summed E-state index contributed by atoms with van der Waals surface area (Å²) in [6.07, 6.45) is 6.66. The Morgan fingerprint density at radius 1 is 0.917 bits per heavy atom. The normalized spacial score (nSPS) is 15.1. The van der Waals surface area contributed by atoms with Crippen LogP contribution in [0.15, 0.2) is 79.3 Å². The molecule has 2 aliphatic rings. The summed E-state index contributed by atoms with van der Waals surface area (Å²) >= 11 is 0. The maximum Gasteiger partial charge on any atom is 3.00 e. The van der Waals surface area contributed by atoms with Gasteiger partial charge in [-0.1, -0.05) is 54.4 Å². The molecule has 3 aromatic carbocycles. The fourth-order valence-corrected chi connectivity index (χ4v) is 4.08. The number of rotatable bonds is 2. The number of hydrogen-bond acceptors (Lipinski definition) is 2. The minimum Gasteiger partial charge on any atom is -0.668 e. The number of pyridine rings is 1. The van der Waals surface area contributed by atoms with Gasteiger partial charge in [0.25, 0.3) is 0 Å². The van der Waals surface area contributed by atoms with Crippen molar-refractivity contribution in [2.24, 2.45) is 0 Å². The number of benzene rings is 3. The molecule has 0 spiro atoms. The first-order chi connectivity index (χ1) is 17.0. The van der Waals surface area contributed by atoms with Gasteiger partial charge in [-0.3, -0.25) is 8.78 Å². The Bertz CT molecular complexity index is 1400. The zero-order valence-corrected chi connectivity index (χ0v) is 21.1. The van der Waals surface area contributed by atoms with E-state index in [2.05, 4.69) is 39.6 Å². The molecule has 0 radical (unpaired) electrons. The molecule has 0 N–H and O–H groups in total. The average molecular weight is 665 g/mol. The van der Waals surface area contributed by atoms with E-state index in [4.69, 9.17) is 0 Å². The van der Waals surface area contributed by atoms with Crippen molar-refractivity contribution in [1.82, 2.24) is 9.88 Å². The molecule has 0 amide bonds. The van der Waals surface area contributed by atoms with Crippen LogP contribution in [0, 0.1) is 35.4 Å². The second kappa shape index (κ2) is 11.1. The van der Waals surface area contributed by atoms with E-state index in [0.717, 1.165) is 18.5 Å². The van der Waals surface area contributed by atoms with Crippen molar-refractivity contribution in [1.29, 1.82) is 0 Å². The van der Waals surface area contributed by atoms with Crippen LogP contribution in [0.5, 0.6) is 0 Å². The maximum absolute atomic E-state index is 13.8. The number of aromatic nitrogens is 1. The second-order valence-electron chi connectivity index (χ2n) is 7.97. The molecule has 0 saturated heterocycles. The summed E-state index contributed by atoms with van der Waals surface area (Å²) in [6, 6.07) is 23.6. The van der Waals surface area contributed by atoms with Gasteiger partial charge in [0, 0.05) is 12.7 Å². The average Bonchev–Trinajstić information content (AvgIpc) is 3.40. The molecule has 8 heteroatoms. The molecule has 0 saturated carbocycles. The van der Waals surface area contributed by atoms with Gasteiger partial charge < -0.3 is 15.2 Å². The van der Waals surface area contributed by atoms with Gasteiger partial charge in [0.1, 0.15) is 11.6 Å². The first-order valence-electron chi connectivity index (χ1n) is 10.9. The van der Waals surface area contributed by atoms with E-state index >= 15 is 0 Å². The molecule has 2 aliphatic heterocycles. The number of halogens is 4. The molecule has 3 nitrogen and oxygen atoms in total. The fourth-order valence-electron chi connectivity index (χ4n) is 4.08. The molecule has 3 heterocycles. The van der Waals surface area contributed by atoms with Crippen molar-refractivity contribution in [2.45, 2.75) is 12.6 Å². The third-order valence-electron chi connectivity index (χ3n) is 5.83. The third kappa shape index (κ3) is 5.06. The monoisotopic (exact) mass is 665 g/mol. The first kappa shape index (κ1) is 25.6. The van der Waals surface area contributed by atoms with Crippen molar-refractivity contribution >= 4 is 0 Å². The Balaban J connectivity index is 0.000000185. The maximum atomic E-state index is 13.8.